The number of halogens is 1. The average Bonchev–Trinajstić information content (AvgIpc) is 2.89. The molecule has 7 heteroatoms. The topological polar surface area (TPSA) is 52.6 Å². The van der Waals surface area contributed by atoms with Crippen LogP contribution in [0, 0.1) is 11.7 Å². The Morgan fingerprint density at radius 3 is 2.49 bits per heavy atom. The van der Waals surface area contributed by atoms with Crippen LogP contribution >= 0.6 is 0 Å². The molecule has 2 aromatic carbocycles. The van der Waals surface area contributed by atoms with Crippen molar-refractivity contribution in [3.63, 3.8) is 0 Å². The van der Waals surface area contributed by atoms with Crippen LogP contribution in [0.1, 0.15) is 46.9 Å². The third kappa shape index (κ3) is 4.99. The number of hydrogen-bond donors (Lipinski definition) is 0. The molecule has 0 bridgehead atoms. The maximum absolute atomic E-state index is 14.3. The normalized spacial score (nSPS) is 16.2. The van der Waals surface area contributed by atoms with Gasteiger partial charge in [0.25, 0.3) is 5.91 Å². The molecule has 0 spiro atoms. The summed E-state index contributed by atoms with van der Waals surface area (Å²) in [6, 6.07) is 16.5. The number of carbonyl (C=O) groups is 1. The summed E-state index contributed by atoms with van der Waals surface area (Å²) >= 11 is 0. The number of anilines is 2. The first-order chi connectivity index (χ1) is 17.0. The van der Waals surface area contributed by atoms with E-state index in [0.29, 0.717) is 37.9 Å². The van der Waals surface area contributed by atoms with Gasteiger partial charge in [0.05, 0.1) is 17.8 Å². The van der Waals surface area contributed by atoms with Crippen molar-refractivity contribution < 1.29 is 9.18 Å². The van der Waals surface area contributed by atoms with E-state index in [0.717, 1.165) is 43.0 Å². The van der Waals surface area contributed by atoms with Crippen molar-refractivity contribution in [1.29, 1.82) is 0 Å². The minimum Gasteiger partial charge on any atom is -0.356 e. The van der Waals surface area contributed by atoms with Crippen LogP contribution < -0.4 is 9.80 Å². The van der Waals surface area contributed by atoms with Crippen molar-refractivity contribution in [3.8, 4) is 0 Å². The lowest BCUT2D eigenvalue weighted by Crippen LogP contribution is -2.40. The highest BCUT2D eigenvalue weighted by Crippen LogP contribution is 2.32. The highest BCUT2D eigenvalue weighted by molar-refractivity contribution is 5.94. The van der Waals surface area contributed by atoms with Crippen LogP contribution in [0.4, 0.5) is 16.2 Å². The largest absolute Gasteiger partial charge is 0.356 e. The summed E-state index contributed by atoms with van der Waals surface area (Å²) in [4.78, 5) is 29.3. The number of carbonyl (C=O) groups excluding carboxylic acids is 1. The van der Waals surface area contributed by atoms with E-state index in [2.05, 4.69) is 28.9 Å². The van der Waals surface area contributed by atoms with Gasteiger partial charge in [0.15, 0.2) is 0 Å². The number of hydrogen-bond acceptors (Lipinski definition) is 5. The van der Waals surface area contributed by atoms with Crippen LogP contribution in [0.3, 0.4) is 0 Å². The molecule has 3 aromatic rings. The Balaban J connectivity index is 1.46. The third-order valence-electron chi connectivity index (χ3n) is 7.11. The first-order valence-corrected chi connectivity index (χ1v) is 12.4. The van der Waals surface area contributed by atoms with Crippen molar-refractivity contribution in [3.05, 3.63) is 82.8 Å². The van der Waals surface area contributed by atoms with Gasteiger partial charge >= 0.3 is 0 Å². The van der Waals surface area contributed by atoms with Gasteiger partial charge in [0, 0.05) is 45.2 Å². The molecule has 3 heterocycles. The lowest BCUT2D eigenvalue weighted by atomic mass is 9.98. The smallest absolute Gasteiger partial charge is 0.257 e. The van der Waals surface area contributed by atoms with E-state index in [1.807, 2.05) is 25.2 Å². The molecule has 1 aromatic heterocycles. The van der Waals surface area contributed by atoms with Crippen molar-refractivity contribution in [1.82, 2.24) is 14.9 Å². The van der Waals surface area contributed by atoms with Crippen LogP contribution in [0.15, 0.2) is 54.6 Å². The van der Waals surface area contributed by atoms with E-state index in [-0.39, 0.29) is 11.5 Å². The molecular weight excluding hydrogens is 441 g/mol. The van der Waals surface area contributed by atoms with E-state index in [1.54, 1.807) is 23.1 Å². The number of fused-ring (bicyclic) bond motifs is 1. The lowest BCUT2D eigenvalue weighted by Gasteiger charge is -2.36. The van der Waals surface area contributed by atoms with E-state index in [4.69, 9.17) is 9.97 Å². The van der Waals surface area contributed by atoms with Gasteiger partial charge in [-0.25, -0.2) is 9.37 Å². The minimum atomic E-state index is -0.484. The Labute approximate surface area is 206 Å². The molecule has 0 unspecified atom stereocenters. The van der Waals surface area contributed by atoms with Gasteiger partial charge in [-0.3, -0.25) is 4.79 Å². The second-order valence-electron chi connectivity index (χ2n) is 9.74. The molecule has 0 N–H and O–H groups in total. The molecule has 35 heavy (non-hydrogen) atoms. The zero-order valence-electron chi connectivity index (χ0n) is 20.5. The Morgan fingerprint density at radius 1 is 1.03 bits per heavy atom. The quantitative estimate of drug-likeness (QED) is 0.538. The Bertz CT molecular complexity index is 1190. The van der Waals surface area contributed by atoms with Crippen molar-refractivity contribution >= 4 is 17.7 Å². The number of piperidine rings is 1. The molecule has 182 valence electrons. The van der Waals surface area contributed by atoms with Gasteiger partial charge < -0.3 is 14.7 Å². The summed E-state index contributed by atoms with van der Waals surface area (Å²) in [5.74, 6) is 1.56. The molecule has 2 aliphatic heterocycles. The van der Waals surface area contributed by atoms with Crippen molar-refractivity contribution in [2.45, 2.75) is 39.3 Å². The molecule has 6 nitrogen and oxygen atoms in total. The number of aromatic nitrogens is 2. The van der Waals surface area contributed by atoms with Gasteiger partial charge in [-0.05, 0) is 36.5 Å². The Morgan fingerprint density at radius 2 is 1.74 bits per heavy atom. The van der Waals surface area contributed by atoms with Crippen molar-refractivity contribution in [2.75, 3.05) is 36.5 Å². The first-order valence-electron chi connectivity index (χ1n) is 12.4. The third-order valence-corrected chi connectivity index (χ3v) is 7.11. The summed E-state index contributed by atoms with van der Waals surface area (Å²) in [7, 11) is 2.02. The summed E-state index contributed by atoms with van der Waals surface area (Å²) in [5, 5.41) is 0. The number of amides is 1. The Kier molecular flexibility index (Phi) is 6.66. The fraction of sp³-hybridized carbons (Fsp3) is 0.393. The van der Waals surface area contributed by atoms with E-state index < -0.39 is 5.82 Å². The maximum atomic E-state index is 14.3. The van der Waals surface area contributed by atoms with Gasteiger partial charge in [-0.2, -0.15) is 4.98 Å². The molecule has 1 fully saturated rings. The number of rotatable bonds is 5. The van der Waals surface area contributed by atoms with Crippen LogP contribution in [0.5, 0.6) is 0 Å². The van der Waals surface area contributed by atoms with Gasteiger partial charge in [0.2, 0.25) is 5.95 Å². The monoisotopic (exact) mass is 473 g/mol. The summed E-state index contributed by atoms with van der Waals surface area (Å²) in [5.41, 5.74) is 3.30. The molecule has 0 aliphatic carbocycles. The predicted octanol–water partition coefficient (Wildman–Crippen LogP) is 4.69. The number of nitrogens with zero attached hydrogens (tertiary/aromatic N) is 5. The van der Waals surface area contributed by atoms with E-state index in [9.17, 15) is 9.18 Å². The molecule has 0 saturated carbocycles. The molecule has 5 rings (SSSR count). The predicted molar refractivity (Wildman–Crippen MR) is 136 cm³/mol. The minimum absolute atomic E-state index is 0.115. The van der Waals surface area contributed by atoms with Crippen LogP contribution in [0.2, 0.25) is 0 Å². The zero-order valence-corrected chi connectivity index (χ0v) is 20.5. The Hall–Kier alpha value is -3.48. The van der Waals surface area contributed by atoms with Crippen molar-refractivity contribution in [2.24, 2.45) is 5.92 Å². The maximum Gasteiger partial charge on any atom is 0.257 e. The van der Waals surface area contributed by atoms with E-state index >= 15 is 0 Å². The zero-order chi connectivity index (χ0) is 24.4. The van der Waals surface area contributed by atoms with Crippen LogP contribution in [-0.4, -0.2) is 47.5 Å². The van der Waals surface area contributed by atoms with Crippen LogP contribution in [0.25, 0.3) is 0 Å². The second kappa shape index (κ2) is 10.0. The average molecular weight is 474 g/mol. The SMILES string of the molecule is CC1CCN(c2nc(N(C)Cc3ccccc3)nc3c2CN(C(=O)c2ccccc2F)CC3)CC1. The molecule has 2 aliphatic rings. The standard InChI is InChI=1S/C28H32FN5O/c1-20-12-15-33(16-13-20)26-23-19-34(27(35)22-10-6-7-11-24(22)29)17-14-25(23)30-28(31-26)32(2)18-21-8-4-3-5-9-21/h3-11,20H,12-19H2,1-2H3. The van der Waals surface area contributed by atoms with Crippen LogP contribution in [-0.2, 0) is 19.5 Å². The van der Waals surface area contributed by atoms with Gasteiger partial charge in [0.1, 0.15) is 11.6 Å². The summed E-state index contributed by atoms with van der Waals surface area (Å²) < 4.78 is 14.3. The summed E-state index contributed by atoms with van der Waals surface area (Å²) in [6.07, 6.45) is 2.86. The molecular formula is C28H32FN5O. The first kappa shape index (κ1) is 23.3. The van der Waals surface area contributed by atoms with Gasteiger partial charge in [-0.1, -0.05) is 49.4 Å². The molecule has 1 amide bonds. The fourth-order valence-electron chi connectivity index (χ4n) is 4.94. The second-order valence-corrected chi connectivity index (χ2v) is 9.74. The molecule has 0 radical (unpaired) electrons. The lowest BCUT2D eigenvalue weighted by molar-refractivity contribution is 0.0729. The summed E-state index contributed by atoms with van der Waals surface area (Å²) in [6.45, 7) is 5.79. The van der Waals surface area contributed by atoms with Gasteiger partial charge in [-0.15, -0.1) is 0 Å². The molecule has 1 saturated heterocycles. The highest BCUT2D eigenvalue weighted by Gasteiger charge is 2.30. The van der Waals surface area contributed by atoms with E-state index in [1.165, 1.54) is 11.6 Å². The number of benzene rings is 2. The fourth-order valence-corrected chi connectivity index (χ4v) is 4.94. The molecule has 0 atom stereocenters. The highest BCUT2D eigenvalue weighted by atomic mass is 19.1.